The number of carboxylic acids is 1. The predicted molar refractivity (Wildman–Crippen MR) is 130 cm³/mol. The maximum atomic E-state index is 13.6. The van der Waals surface area contributed by atoms with Gasteiger partial charge in [0.2, 0.25) is 5.91 Å². The molecular formula is C29H25NO4. The quantitative estimate of drug-likeness (QED) is 0.559. The molecule has 2 aliphatic rings. The molecule has 5 rings (SSSR count). The summed E-state index contributed by atoms with van der Waals surface area (Å²) < 4.78 is 0. The maximum absolute atomic E-state index is 13.6. The SMILES string of the molecule is Cc1cccc(C2CC(=O)N(c3cccc(C(=O)O)c3)C3=C2C(=O)CC(c2ccccc2)C3)c1. The summed E-state index contributed by atoms with van der Waals surface area (Å²) in [6.07, 6.45) is 1.10. The van der Waals surface area contributed by atoms with Gasteiger partial charge in [0.15, 0.2) is 5.78 Å². The first kappa shape index (κ1) is 21.8. The largest absolute Gasteiger partial charge is 0.478 e. The highest BCUT2D eigenvalue weighted by atomic mass is 16.4. The highest BCUT2D eigenvalue weighted by molar-refractivity contribution is 6.08. The smallest absolute Gasteiger partial charge is 0.335 e. The van der Waals surface area contributed by atoms with Crippen molar-refractivity contribution in [2.45, 2.75) is 38.0 Å². The zero-order valence-corrected chi connectivity index (χ0v) is 18.9. The monoisotopic (exact) mass is 451 g/mol. The first-order valence-corrected chi connectivity index (χ1v) is 11.5. The third kappa shape index (κ3) is 3.94. The van der Waals surface area contributed by atoms with E-state index in [-0.39, 0.29) is 35.5 Å². The Bertz CT molecular complexity index is 1320. The summed E-state index contributed by atoms with van der Waals surface area (Å²) in [4.78, 5) is 40.4. The molecule has 1 heterocycles. The van der Waals surface area contributed by atoms with Gasteiger partial charge in [-0.2, -0.15) is 0 Å². The van der Waals surface area contributed by atoms with Gasteiger partial charge < -0.3 is 5.11 Å². The predicted octanol–water partition coefficient (Wildman–Crippen LogP) is 5.61. The molecule has 0 aromatic heterocycles. The molecule has 2 atom stereocenters. The number of carbonyl (C=O) groups excluding carboxylic acids is 2. The number of rotatable bonds is 4. The van der Waals surface area contributed by atoms with E-state index in [1.54, 1.807) is 17.0 Å². The number of amides is 1. The number of carboxylic acid groups (broad SMARTS) is 1. The first-order valence-electron chi connectivity index (χ1n) is 11.5. The van der Waals surface area contributed by atoms with E-state index in [2.05, 4.69) is 0 Å². The Morgan fingerprint density at radius 2 is 1.59 bits per heavy atom. The second-order valence-corrected chi connectivity index (χ2v) is 9.05. The average molecular weight is 452 g/mol. The van der Waals surface area contributed by atoms with E-state index < -0.39 is 5.97 Å². The molecule has 0 saturated heterocycles. The number of carbonyl (C=O) groups is 3. The number of benzene rings is 3. The Labute approximate surface area is 198 Å². The molecule has 34 heavy (non-hydrogen) atoms. The van der Waals surface area contributed by atoms with Crippen LogP contribution in [0.25, 0.3) is 0 Å². The number of aryl methyl sites for hydroxylation is 1. The summed E-state index contributed by atoms with van der Waals surface area (Å²) in [5.41, 5.74) is 5.07. The fraction of sp³-hybridized carbons (Fsp3) is 0.207. The Hall–Kier alpha value is -3.99. The van der Waals surface area contributed by atoms with Crippen LogP contribution in [0.4, 0.5) is 5.69 Å². The molecule has 5 nitrogen and oxygen atoms in total. The van der Waals surface area contributed by atoms with E-state index in [1.165, 1.54) is 12.1 Å². The molecule has 1 amide bonds. The lowest BCUT2D eigenvalue weighted by atomic mass is 9.72. The molecule has 0 saturated carbocycles. The zero-order chi connectivity index (χ0) is 23.8. The van der Waals surface area contributed by atoms with E-state index >= 15 is 0 Å². The van der Waals surface area contributed by atoms with E-state index in [0.29, 0.717) is 29.8 Å². The van der Waals surface area contributed by atoms with Gasteiger partial charge in [0.25, 0.3) is 0 Å². The second kappa shape index (κ2) is 8.75. The normalized spacial score (nSPS) is 20.3. The minimum absolute atomic E-state index is 0.0401. The number of allylic oxidation sites excluding steroid dienone is 2. The number of aromatic carboxylic acids is 1. The van der Waals surface area contributed by atoms with Crippen LogP contribution >= 0.6 is 0 Å². The third-order valence-electron chi connectivity index (χ3n) is 6.80. The summed E-state index contributed by atoms with van der Waals surface area (Å²) in [5.74, 6) is -1.48. The summed E-state index contributed by atoms with van der Waals surface area (Å²) in [6, 6.07) is 24.3. The van der Waals surface area contributed by atoms with Gasteiger partial charge in [-0.1, -0.05) is 66.2 Å². The van der Waals surface area contributed by atoms with Crippen LogP contribution in [0, 0.1) is 6.92 Å². The standard InChI is InChI=1S/C29H25NO4/c1-18-7-5-10-20(13-18)24-17-27(32)30(23-12-6-11-21(14-23)29(33)34)25-15-22(16-26(31)28(24)25)19-8-3-2-4-9-19/h2-14,22,24H,15-17H2,1H3,(H,33,34). The number of Topliss-reactive ketones (excluding diaryl/α,β-unsaturated/α-hetero) is 1. The van der Waals surface area contributed by atoms with Gasteiger partial charge in [-0.05, 0) is 48.6 Å². The number of ketones is 1. The van der Waals surface area contributed by atoms with Gasteiger partial charge in [-0.3, -0.25) is 14.5 Å². The topological polar surface area (TPSA) is 74.7 Å². The lowest BCUT2D eigenvalue weighted by molar-refractivity contribution is -0.120. The highest BCUT2D eigenvalue weighted by Crippen LogP contribution is 2.47. The van der Waals surface area contributed by atoms with Crippen LogP contribution in [0.5, 0.6) is 0 Å². The van der Waals surface area contributed by atoms with Crippen LogP contribution in [-0.4, -0.2) is 22.8 Å². The van der Waals surface area contributed by atoms with Gasteiger partial charge >= 0.3 is 5.97 Å². The number of hydrogen-bond acceptors (Lipinski definition) is 3. The van der Waals surface area contributed by atoms with Crippen LogP contribution in [0.3, 0.4) is 0 Å². The number of nitrogens with zero attached hydrogens (tertiary/aromatic N) is 1. The molecular weight excluding hydrogens is 426 g/mol. The molecule has 0 bridgehead atoms. The Kier molecular flexibility index (Phi) is 5.62. The molecule has 2 unspecified atom stereocenters. The van der Waals surface area contributed by atoms with Crippen LogP contribution in [0.2, 0.25) is 0 Å². The lowest BCUT2D eigenvalue weighted by Crippen LogP contribution is -2.41. The average Bonchev–Trinajstić information content (AvgIpc) is 2.84. The molecule has 3 aromatic rings. The van der Waals surface area contributed by atoms with E-state index in [4.69, 9.17) is 0 Å². The number of anilines is 1. The van der Waals surface area contributed by atoms with Crippen molar-refractivity contribution >= 4 is 23.3 Å². The highest BCUT2D eigenvalue weighted by Gasteiger charge is 2.42. The lowest BCUT2D eigenvalue weighted by Gasteiger charge is -2.40. The third-order valence-corrected chi connectivity index (χ3v) is 6.80. The summed E-state index contributed by atoms with van der Waals surface area (Å²) >= 11 is 0. The number of hydrogen-bond donors (Lipinski definition) is 1. The summed E-state index contributed by atoms with van der Waals surface area (Å²) in [6.45, 7) is 2.00. The van der Waals surface area contributed by atoms with Gasteiger partial charge in [-0.15, -0.1) is 0 Å². The molecule has 0 spiro atoms. The minimum Gasteiger partial charge on any atom is -0.478 e. The fourth-order valence-electron chi connectivity index (χ4n) is 5.25. The van der Waals surface area contributed by atoms with Crippen molar-refractivity contribution in [2.75, 3.05) is 4.90 Å². The van der Waals surface area contributed by atoms with Crippen LogP contribution in [-0.2, 0) is 9.59 Å². The van der Waals surface area contributed by atoms with Crippen molar-refractivity contribution in [1.29, 1.82) is 0 Å². The molecule has 1 aliphatic carbocycles. The maximum Gasteiger partial charge on any atom is 0.335 e. The molecule has 3 aromatic carbocycles. The molecule has 0 fully saturated rings. The van der Waals surface area contributed by atoms with Crippen molar-refractivity contribution in [1.82, 2.24) is 0 Å². The van der Waals surface area contributed by atoms with Crippen LogP contribution < -0.4 is 4.90 Å². The van der Waals surface area contributed by atoms with Gasteiger partial charge in [0.1, 0.15) is 0 Å². The van der Waals surface area contributed by atoms with Crippen molar-refractivity contribution in [3.05, 3.63) is 112 Å². The van der Waals surface area contributed by atoms with E-state index in [9.17, 15) is 19.5 Å². The zero-order valence-electron chi connectivity index (χ0n) is 18.9. The van der Waals surface area contributed by atoms with Gasteiger partial charge in [-0.25, -0.2) is 4.79 Å². The van der Waals surface area contributed by atoms with Crippen molar-refractivity contribution in [3.8, 4) is 0 Å². The Morgan fingerprint density at radius 3 is 2.32 bits per heavy atom. The minimum atomic E-state index is -1.06. The fourth-order valence-corrected chi connectivity index (χ4v) is 5.25. The first-order chi connectivity index (χ1) is 16.4. The summed E-state index contributed by atoms with van der Waals surface area (Å²) in [5, 5.41) is 9.49. The Balaban J connectivity index is 1.67. The second-order valence-electron chi connectivity index (χ2n) is 9.05. The van der Waals surface area contributed by atoms with E-state index in [1.807, 2.05) is 61.5 Å². The molecule has 170 valence electrons. The van der Waals surface area contributed by atoms with Crippen LogP contribution in [0.1, 0.15) is 58.1 Å². The molecule has 1 N–H and O–H groups in total. The van der Waals surface area contributed by atoms with Crippen LogP contribution in [0.15, 0.2) is 90.1 Å². The molecule has 1 aliphatic heterocycles. The van der Waals surface area contributed by atoms with Crippen molar-refractivity contribution in [3.63, 3.8) is 0 Å². The van der Waals surface area contributed by atoms with Gasteiger partial charge in [0, 0.05) is 35.7 Å². The molecule has 5 heteroatoms. The molecule has 0 radical (unpaired) electrons. The van der Waals surface area contributed by atoms with Crippen molar-refractivity contribution in [2.24, 2.45) is 0 Å². The Morgan fingerprint density at radius 1 is 0.853 bits per heavy atom. The summed E-state index contributed by atoms with van der Waals surface area (Å²) in [7, 11) is 0. The van der Waals surface area contributed by atoms with E-state index in [0.717, 1.165) is 16.7 Å². The van der Waals surface area contributed by atoms with Crippen molar-refractivity contribution < 1.29 is 19.5 Å². The van der Waals surface area contributed by atoms with Gasteiger partial charge in [0.05, 0.1) is 5.56 Å².